The van der Waals surface area contributed by atoms with Crippen molar-refractivity contribution in [3.8, 4) is 0 Å². The maximum atomic E-state index is 11.8. The van der Waals surface area contributed by atoms with Crippen molar-refractivity contribution in [1.82, 2.24) is 16.0 Å². The Hall–Kier alpha value is -2.04. The number of carbonyl (C=O) groups excluding carboxylic acids is 1. The highest BCUT2D eigenvalue weighted by atomic mass is 16.2. The Morgan fingerprint density at radius 2 is 1.71 bits per heavy atom. The Morgan fingerprint density at radius 1 is 1.08 bits per heavy atom. The lowest BCUT2D eigenvalue weighted by Crippen LogP contribution is -2.43. The van der Waals surface area contributed by atoms with Crippen molar-refractivity contribution in [2.24, 2.45) is 10.4 Å². The fourth-order valence-electron chi connectivity index (χ4n) is 2.08. The number of nitrogens with one attached hydrogen (secondary N) is 3. The summed E-state index contributed by atoms with van der Waals surface area (Å²) in [5.41, 5.74) is 0.929. The van der Waals surface area contributed by atoms with Crippen LogP contribution >= 0.6 is 0 Å². The molecule has 0 bridgehead atoms. The summed E-state index contributed by atoms with van der Waals surface area (Å²) in [6, 6.07) is 10.4. The molecule has 0 saturated heterocycles. The number of nitrogens with zero attached hydrogens (tertiary/aromatic N) is 1. The monoisotopic (exact) mass is 332 g/mol. The summed E-state index contributed by atoms with van der Waals surface area (Å²) in [6.07, 6.45) is 0. The molecule has 5 heteroatoms. The zero-order chi connectivity index (χ0) is 18.0. The van der Waals surface area contributed by atoms with Gasteiger partial charge in [0.25, 0.3) is 0 Å². The first-order valence-electron chi connectivity index (χ1n) is 8.70. The summed E-state index contributed by atoms with van der Waals surface area (Å²) in [4.78, 5) is 16.5. The van der Waals surface area contributed by atoms with Crippen LogP contribution in [0.4, 0.5) is 0 Å². The van der Waals surface area contributed by atoms with Crippen LogP contribution in [0, 0.1) is 5.41 Å². The summed E-state index contributed by atoms with van der Waals surface area (Å²) >= 11 is 0. The highest BCUT2D eigenvalue weighted by molar-refractivity contribution is 5.81. The fourth-order valence-corrected chi connectivity index (χ4v) is 2.08. The molecule has 0 aromatic heterocycles. The first-order valence-corrected chi connectivity index (χ1v) is 8.70. The van der Waals surface area contributed by atoms with E-state index in [4.69, 9.17) is 0 Å². The van der Waals surface area contributed by atoms with E-state index in [-0.39, 0.29) is 11.3 Å². The molecular weight excluding hydrogens is 300 g/mol. The van der Waals surface area contributed by atoms with E-state index in [0.717, 1.165) is 12.5 Å². The first kappa shape index (κ1) is 20.0. The van der Waals surface area contributed by atoms with Gasteiger partial charge in [-0.3, -0.25) is 9.79 Å². The minimum atomic E-state index is -0.357. The van der Waals surface area contributed by atoms with Crippen LogP contribution in [0.5, 0.6) is 0 Å². The molecule has 1 aromatic carbocycles. The van der Waals surface area contributed by atoms with Crippen molar-refractivity contribution >= 4 is 11.9 Å². The van der Waals surface area contributed by atoms with Crippen molar-refractivity contribution in [2.45, 2.75) is 40.5 Å². The van der Waals surface area contributed by atoms with Gasteiger partial charge < -0.3 is 16.0 Å². The molecule has 0 spiro atoms. The lowest BCUT2D eigenvalue weighted by Gasteiger charge is -2.18. The average Bonchev–Trinajstić information content (AvgIpc) is 2.55. The number of carbonyl (C=O) groups is 1. The second-order valence-corrected chi connectivity index (χ2v) is 6.96. The Bertz CT molecular complexity index is 520. The van der Waals surface area contributed by atoms with E-state index < -0.39 is 0 Å². The first-order chi connectivity index (χ1) is 11.3. The van der Waals surface area contributed by atoms with Gasteiger partial charge in [-0.1, -0.05) is 58.0 Å². The number of aliphatic imine (C=N–C) groups is 1. The van der Waals surface area contributed by atoms with E-state index in [0.29, 0.717) is 25.6 Å². The van der Waals surface area contributed by atoms with E-state index in [2.05, 4.69) is 52.1 Å². The summed E-state index contributed by atoms with van der Waals surface area (Å²) in [7, 11) is 0. The molecule has 0 fully saturated rings. The number of hydrogen-bond donors (Lipinski definition) is 3. The Labute approximate surface area is 146 Å². The largest absolute Gasteiger partial charge is 0.357 e. The molecule has 1 aromatic rings. The molecule has 1 amide bonds. The van der Waals surface area contributed by atoms with Gasteiger partial charge in [0.15, 0.2) is 5.96 Å². The van der Waals surface area contributed by atoms with Crippen molar-refractivity contribution in [2.75, 3.05) is 26.2 Å². The minimum Gasteiger partial charge on any atom is -0.357 e. The van der Waals surface area contributed by atoms with Crippen LogP contribution in [0.3, 0.4) is 0 Å². The normalized spacial score (nSPS) is 13.3. The van der Waals surface area contributed by atoms with Gasteiger partial charge in [-0.05, 0) is 12.5 Å². The number of guanidine groups is 1. The molecule has 3 N–H and O–H groups in total. The predicted molar refractivity (Wildman–Crippen MR) is 101 cm³/mol. The van der Waals surface area contributed by atoms with Crippen LogP contribution in [-0.4, -0.2) is 38.0 Å². The molecular formula is C19H32N4O. The van der Waals surface area contributed by atoms with Gasteiger partial charge in [0.05, 0.1) is 0 Å². The van der Waals surface area contributed by atoms with Gasteiger partial charge in [-0.15, -0.1) is 0 Å². The van der Waals surface area contributed by atoms with Crippen LogP contribution in [0.15, 0.2) is 35.3 Å². The van der Waals surface area contributed by atoms with Gasteiger partial charge in [-0.2, -0.15) is 0 Å². The third-order valence-corrected chi connectivity index (χ3v) is 3.62. The van der Waals surface area contributed by atoms with Crippen LogP contribution in [0.2, 0.25) is 0 Å². The number of amides is 1. The van der Waals surface area contributed by atoms with Gasteiger partial charge in [0.1, 0.15) is 0 Å². The molecule has 1 rings (SSSR count). The molecule has 1 unspecified atom stereocenters. The summed E-state index contributed by atoms with van der Waals surface area (Å²) < 4.78 is 0. The van der Waals surface area contributed by atoms with Crippen LogP contribution in [-0.2, 0) is 4.79 Å². The molecule has 0 heterocycles. The lowest BCUT2D eigenvalue weighted by atomic mass is 9.96. The molecule has 24 heavy (non-hydrogen) atoms. The van der Waals surface area contributed by atoms with Gasteiger partial charge in [0, 0.05) is 37.5 Å². The van der Waals surface area contributed by atoms with E-state index in [1.165, 1.54) is 5.56 Å². The standard InChI is InChI=1S/C19H32N4O/c1-6-20-18(22-13-12-21-17(24)19(3,4)5)23-14-15(2)16-10-8-7-9-11-16/h7-11,15H,6,12-14H2,1-5H3,(H,21,24)(H2,20,22,23). The summed E-state index contributed by atoms with van der Waals surface area (Å²) in [5.74, 6) is 1.21. The Kier molecular flexibility index (Phi) is 8.30. The van der Waals surface area contributed by atoms with E-state index in [1.807, 2.05) is 33.8 Å². The molecule has 0 aliphatic rings. The van der Waals surface area contributed by atoms with E-state index in [1.54, 1.807) is 0 Å². The minimum absolute atomic E-state index is 0.0592. The lowest BCUT2D eigenvalue weighted by molar-refractivity contribution is -0.128. The topological polar surface area (TPSA) is 65.5 Å². The van der Waals surface area contributed by atoms with Crippen molar-refractivity contribution in [3.63, 3.8) is 0 Å². The van der Waals surface area contributed by atoms with E-state index >= 15 is 0 Å². The third-order valence-electron chi connectivity index (χ3n) is 3.62. The second kappa shape index (κ2) is 9.96. The van der Waals surface area contributed by atoms with Gasteiger partial charge >= 0.3 is 0 Å². The quantitative estimate of drug-likeness (QED) is 0.408. The third kappa shape index (κ3) is 7.49. The smallest absolute Gasteiger partial charge is 0.225 e. The van der Waals surface area contributed by atoms with Crippen LogP contribution in [0.25, 0.3) is 0 Å². The molecule has 5 nitrogen and oxygen atoms in total. The van der Waals surface area contributed by atoms with E-state index in [9.17, 15) is 4.79 Å². The SMILES string of the molecule is CCNC(=NCC(C)c1ccccc1)NCCNC(=O)C(C)(C)C. The molecule has 0 aliphatic heterocycles. The molecule has 0 aliphatic carbocycles. The molecule has 0 saturated carbocycles. The molecule has 1 atom stereocenters. The number of rotatable bonds is 7. The molecule has 0 radical (unpaired) electrons. The van der Waals surface area contributed by atoms with Gasteiger partial charge in [-0.25, -0.2) is 0 Å². The molecule has 134 valence electrons. The Balaban J connectivity index is 2.44. The van der Waals surface area contributed by atoms with Crippen molar-refractivity contribution in [1.29, 1.82) is 0 Å². The van der Waals surface area contributed by atoms with Crippen molar-refractivity contribution < 1.29 is 4.79 Å². The maximum Gasteiger partial charge on any atom is 0.225 e. The average molecular weight is 332 g/mol. The summed E-state index contributed by atoms with van der Waals surface area (Å²) in [5, 5.41) is 9.42. The highest BCUT2D eigenvalue weighted by Crippen LogP contribution is 2.14. The fraction of sp³-hybridized carbons (Fsp3) is 0.579. The number of benzene rings is 1. The zero-order valence-corrected chi connectivity index (χ0v) is 15.6. The second-order valence-electron chi connectivity index (χ2n) is 6.96. The van der Waals surface area contributed by atoms with Gasteiger partial charge in [0.2, 0.25) is 5.91 Å². The van der Waals surface area contributed by atoms with Crippen LogP contribution < -0.4 is 16.0 Å². The number of hydrogen-bond acceptors (Lipinski definition) is 2. The summed E-state index contributed by atoms with van der Waals surface area (Å²) in [6.45, 7) is 12.7. The zero-order valence-electron chi connectivity index (χ0n) is 15.6. The Morgan fingerprint density at radius 3 is 2.29 bits per heavy atom. The maximum absolute atomic E-state index is 11.8. The highest BCUT2D eigenvalue weighted by Gasteiger charge is 2.20. The van der Waals surface area contributed by atoms with Crippen molar-refractivity contribution in [3.05, 3.63) is 35.9 Å². The predicted octanol–water partition coefficient (Wildman–Crippen LogP) is 2.51. The van der Waals surface area contributed by atoms with Crippen LogP contribution in [0.1, 0.15) is 46.1 Å².